The molecule has 140 valence electrons. The van der Waals surface area contributed by atoms with Crippen LogP contribution < -0.4 is 10.1 Å². The van der Waals surface area contributed by atoms with Crippen LogP contribution in [0.25, 0.3) is 26.4 Å². The highest BCUT2D eigenvalue weighted by Gasteiger charge is 2.18. The Hall–Kier alpha value is -2.09. The topological polar surface area (TPSA) is 47.8 Å². The van der Waals surface area contributed by atoms with Crippen LogP contribution in [0.15, 0.2) is 46.9 Å². The molecule has 0 aliphatic heterocycles. The number of imidazole rings is 1. The van der Waals surface area contributed by atoms with Crippen molar-refractivity contribution < 1.29 is 9.47 Å². The summed E-state index contributed by atoms with van der Waals surface area (Å²) in [5, 5.41) is 3.58. The summed E-state index contributed by atoms with van der Waals surface area (Å²) in [7, 11) is 3.41. The Kier molecular flexibility index (Phi) is 5.33. The van der Waals surface area contributed by atoms with Crippen LogP contribution in [0.3, 0.4) is 0 Å². The average Bonchev–Trinajstić information content (AvgIpc) is 3.20. The van der Waals surface area contributed by atoms with Crippen molar-refractivity contribution >= 4 is 48.3 Å². The minimum absolute atomic E-state index is 0.725. The molecule has 0 spiro atoms. The third kappa shape index (κ3) is 3.54. The van der Waals surface area contributed by atoms with Crippen molar-refractivity contribution in [2.75, 3.05) is 32.7 Å². The van der Waals surface area contributed by atoms with Crippen LogP contribution in [0.2, 0.25) is 0 Å². The van der Waals surface area contributed by atoms with Gasteiger partial charge in [0.1, 0.15) is 17.3 Å². The highest BCUT2D eigenvalue weighted by Crippen LogP contribution is 2.37. The molecule has 0 unspecified atom stereocenters. The van der Waals surface area contributed by atoms with Gasteiger partial charge in [0.2, 0.25) is 0 Å². The van der Waals surface area contributed by atoms with Crippen LogP contribution in [0.1, 0.15) is 6.42 Å². The molecular weight excluding hydrogens is 426 g/mol. The minimum atomic E-state index is 0.725. The molecule has 2 heterocycles. The van der Waals surface area contributed by atoms with Crippen LogP contribution in [-0.4, -0.2) is 36.8 Å². The quantitative estimate of drug-likeness (QED) is 0.385. The fourth-order valence-corrected chi connectivity index (χ4v) is 4.55. The molecular formula is C20H20BrN3O2S. The number of nitrogens with one attached hydrogen (secondary N) is 1. The summed E-state index contributed by atoms with van der Waals surface area (Å²) < 4.78 is 14.9. The van der Waals surface area contributed by atoms with Gasteiger partial charge in [0.25, 0.3) is 0 Å². The fraction of sp³-hybridized carbons (Fsp3) is 0.250. The van der Waals surface area contributed by atoms with Crippen LogP contribution in [-0.2, 0) is 4.74 Å². The highest BCUT2D eigenvalue weighted by atomic mass is 79.9. The number of hydrogen-bond donors (Lipinski definition) is 1. The maximum atomic E-state index is 5.37. The second-order valence-electron chi connectivity index (χ2n) is 6.15. The smallest absolute Gasteiger partial charge is 0.197 e. The number of thiazole rings is 1. The first-order valence-corrected chi connectivity index (χ1v) is 10.3. The van der Waals surface area contributed by atoms with E-state index in [9.17, 15) is 0 Å². The summed E-state index contributed by atoms with van der Waals surface area (Å²) in [4.78, 5) is 5.90. The molecule has 4 rings (SSSR count). The Bertz CT molecular complexity index is 1090. The van der Waals surface area contributed by atoms with Crippen molar-refractivity contribution in [3.63, 3.8) is 0 Å². The summed E-state index contributed by atoms with van der Waals surface area (Å²) in [6.07, 6.45) is 0.928. The Morgan fingerprint density at radius 3 is 2.85 bits per heavy atom. The molecule has 0 aliphatic carbocycles. The number of methoxy groups -OCH3 is 2. The number of anilines is 1. The second kappa shape index (κ2) is 7.88. The molecule has 7 heteroatoms. The molecule has 5 nitrogen and oxygen atoms in total. The number of halogens is 1. The summed E-state index contributed by atoms with van der Waals surface area (Å²) in [5.41, 5.74) is 3.16. The summed E-state index contributed by atoms with van der Waals surface area (Å²) in [6.45, 7) is 1.54. The first kappa shape index (κ1) is 18.3. The third-order valence-electron chi connectivity index (χ3n) is 4.37. The first-order valence-electron chi connectivity index (χ1n) is 8.69. The molecule has 1 N–H and O–H groups in total. The van der Waals surface area contributed by atoms with Crippen molar-refractivity contribution in [3.8, 4) is 17.0 Å². The van der Waals surface area contributed by atoms with E-state index in [1.807, 2.05) is 18.2 Å². The van der Waals surface area contributed by atoms with E-state index in [0.29, 0.717) is 0 Å². The lowest BCUT2D eigenvalue weighted by Crippen LogP contribution is -2.07. The van der Waals surface area contributed by atoms with Crippen LogP contribution in [0, 0.1) is 0 Å². The molecule has 0 bridgehead atoms. The van der Waals surface area contributed by atoms with Gasteiger partial charge < -0.3 is 14.8 Å². The van der Waals surface area contributed by atoms with Gasteiger partial charge in [-0.3, -0.25) is 4.40 Å². The van der Waals surface area contributed by atoms with E-state index >= 15 is 0 Å². The maximum Gasteiger partial charge on any atom is 0.197 e. The maximum absolute atomic E-state index is 5.37. The molecule has 0 saturated heterocycles. The monoisotopic (exact) mass is 445 g/mol. The molecule has 4 aromatic rings. The Balaban J connectivity index is 1.86. The molecule has 27 heavy (non-hydrogen) atoms. The molecule has 0 fully saturated rings. The van der Waals surface area contributed by atoms with E-state index in [2.05, 4.69) is 49.9 Å². The van der Waals surface area contributed by atoms with Crippen molar-refractivity contribution in [1.29, 1.82) is 0 Å². The molecule has 0 aliphatic rings. The van der Waals surface area contributed by atoms with Crippen LogP contribution in [0.4, 0.5) is 5.82 Å². The summed E-state index contributed by atoms with van der Waals surface area (Å²) in [5.74, 6) is 1.87. The van der Waals surface area contributed by atoms with Gasteiger partial charge in [0.15, 0.2) is 4.96 Å². The Labute approximate surface area is 170 Å². The zero-order chi connectivity index (χ0) is 18.8. The Morgan fingerprint density at radius 2 is 2.07 bits per heavy atom. The average molecular weight is 446 g/mol. The minimum Gasteiger partial charge on any atom is -0.497 e. The van der Waals surface area contributed by atoms with Gasteiger partial charge in [0.05, 0.1) is 17.3 Å². The van der Waals surface area contributed by atoms with E-state index in [1.54, 1.807) is 25.6 Å². The van der Waals surface area contributed by atoms with Crippen LogP contribution in [0.5, 0.6) is 5.75 Å². The van der Waals surface area contributed by atoms with E-state index < -0.39 is 0 Å². The first-order chi connectivity index (χ1) is 13.2. The van der Waals surface area contributed by atoms with Gasteiger partial charge in [-0.25, -0.2) is 4.98 Å². The zero-order valence-electron chi connectivity index (χ0n) is 15.2. The standard InChI is InChI=1S/C20H20BrN3O2S/c1-25-10-4-9-22-19-18(13-5-3-6-14(21)11-13)23-20-24(19)16-8-7-15(26-2)12-17(16)27-20/h3,5-8,11-12,22H,4,9-10H2,1-2H3. The number of aromatic nitrogens is 2. The number of nitrogens with zero attached hydrogens (tertiary/aromatic N) is 2. The van der Waals surface area contributed by atoms with Gasteiger partial charge in [-0.1, -0.05) is 39.4 Å². The highest BCUT2D eigenvalue weighted by molar-refractivity contribution is 9.10. The molecule has 0 radical (unpaired) electrons. The number of fused-ring (bicyclic) bond motifs is 3. The molecule has 0 saturated carbocycles. The van der Waals surface area contributed by atoms with E-state index in [4.69, 9.17) is 14.5 Å². The lowest BCUT2D eigenvalue weighted by atomic mass is 10.1. The summed E-state index contributed by atoms with van der Waals surface area (Å²) >= 11 is 5.23. The van der Waals surface area contributed by atoms with Crippen molar-refractivity contribution in [3.05, 3.63) is 46.9 Å². The molecule has 2 aromatic carbocycles. The molecule has 0 amide bonds. The number of hydrogen-bond acceptors (Lipinski definition) is 5. The normalized spacial score (nSPS) is 11.4. The van der Waals surface area contributed by atoms with Crippen LogP contribution >= 0.6 is 27.3 Å². The van der Waals surface area contributed by atoms with E-state index in [-0.39, 0.29) is 0 Å². The zero-order valence-corrected chi connectivity index (χ0v) is 17.6. The SMILES string of the molecule is COCCCNc1c(-c2cccc(Br)c2)nc2sc3cc(OC)ccc3n12. The number of benzene rings is 2. The van der Waals surface area contributed by atoms with Crippen molar-refractivity contribution in [1.82, 2.24) is 9.38 Å². The fourth-order valence-electron chi connectivity index (χ4n) is 3.10. The Morgan fingerprint density at radius 1 is 1.19 bits per heavy atom. The van der Waals surface area contributed by atoms with Gasteiger partial charge in [-0.15, -0.1) is 0 Å². The van der Waals surface area contributed by atoms with E-state index in [1.165, 1.54) is 0 Å². The lowest BCUT2D eigenvalue weighted by molar-refractivity contribution is 0.198. The van der Waals surface area contributed by atoms with Gasteiger partial charge in [0, 0.05) is 30.3 Å². The molecule has 2 aromatic heterocycles. The van der Waals surface area contributed by atoms with Crippen molar-refractivity contribution in [2.24, 2.45) is 0 Å². The lowest BCUT2D eigenvalue weighted by Gasteiger charge is -2.09. The second-order valence-corrected chi connectivity index (χ2v) is 8.07. The third-order valence-corrected chi connectivity index (χ3v) is 5.87. The van der Waals surface area contributed by atoms with E-state index in [0.717, 1.165) is 62.0 Å². The largest absolute Gasteiger partial charge is 0.497 e. The van der Waals surface area contributed by atoms with Gasteiger partial charge in [-0.05, 0) is 36.8 Å². The predicted molar refractivity (Wildman–Crippen MR) is 115 cm³/mol. The molecule has 0 atom stereocenters. The summed E-state index contributed by atoms with van der Waals surface area (Å²) in [6, 6.07) is 14.4. The number of ether oxygens (including phenoxy) is 2. The predicted octanol–water partition coefficient (Wildman–Crippen LogP) is 5.44. The number of rotatable bonds is 7. The van der Waals surface area contributed by atoms with Gasteiger partial charge in [-0.2, -0.15) is 0 Å². The van der Waals surface area contributed by atoms with Crippen molar-refractivity contribution in [2.45, 2.75) is 6.42 Å². The van der Waals surface area contributed by atoms with Gasteiger partial charge >= 0.3 is 0 Å².